The van der Waals surface area contributed by atoms with Crippen LogP contribution in [-0.4, -0.2) is 15.6 Å². The van der Waals surface area contributed by atoms with E-state index in [2.05, 4.69) is 5.10 Å². The molecule has 2 aromatic rings. The molecule has 0 saturated carbocycles. The Balaban J connectivity index is 2.46. The van der Waals surface area contributed by atoms with Crippen LogP contribution in [0.3, 0.4) is 0 Å². The smallest absolute Gasteiger partial charge is 0.211 e. The van der Waals surface area contributed by atoms with Gasteiger partial charge in [-0.05, 0) is 50.1 Å². The normalized spacial score (nSPS) is 10.7. The molecule has 0 atom stereocenters. The average Bonchev–Trinajstić information content (AvgIpc) is 2.80. The van der Waals surface area contributed by atoms with Crippen LogP contribution >= 0.6 is 0 Å². The third kappa shape index (κ3) is 2.72. The van der Waals surface area contributed by atoms with Gasteiger partial charge in [0.25, 0.3) is 0 Å². The lowest BCUT2D eigenvalue weighted by atomic mass is 10.0. The Bertz CT molecular complexity index is 596. The maximum Gasteiger partial charge on any atom is 0.211 e. The molecule has 0 aliphatic rings. The van der Waals surface area contributed by atoms with Gasteiger partial charge >= 0.3 is 0 Å². The van der Waals surface area contributed by atoms with Crippen LogP contribution in [-0.2, 0) is 13.0 Å². The maximum absolute atomic E-state index is 13.4. The summed E-state index contributed by atoms with van der Waals surface area (Å²) in [5, 5.41) is 4.34. The summed E-state index contributed by atoms with van der Waals surface area (Å²) in [7, 11) is 0. The zero-order valence-corrected chi connectivity index (χ0v) is 11.4. The summed E-state index contributed by atoms with van der Waals surface area (Å²) in [6.45, 7) is 6.31. The van der Waals surface area contributed by atoms with Crippen LogP contribution in [0.5, 0.6) is 0 Å². The van der Waals surface area contributed by atoms with Gasteiger partial charge < -0.3 is 0 Å². The molecule has 1 aromatic heterocycles. The summed E-state index contributed by atoms with van der Waals surface area (Å²) in [5.41, 5.74) is 2.50. The number of carbonyl (C=O) groups is 1. The zero-order chi connectivity index (χ0) is 14.0. The largest absolute Gasteiger partial charge is 0.287 e. The number of aryl methyl sites for hydroxylation is 3. The van der Waals surface area contributed by atoms with E-state index < -0.39 is 0 Å². The van der Waals surface area contributed by atoms with Gasteiger partial charge in [-0.15, -0.1) is 0 Å². The average molecular weight is 260 g/mol. The number of halogens is 1. The van der Waals surface area contributed by atoms with Crippen LogP contribution in [0.15, 0.2) is 24.3 Å². The second-order valence-corrected chi connectivity index (χ2v) is 4.54. The van der Waals surface area contributed by atoms with Crippen LogP contribution in [0.1, 0.15) is 41.2 Å². The van der Waals surface area contributed by atoms with Crippen molar-refractivity contribution in [3.8, 4) is 0 Å². The third-order valence-corrected chi connectivity index (χ3v) is 3.03. The molecule has 0 amide bonds. The lowest BCUT2D eigenvalue weighted by Gasteiger charge is -2.05. The number of ketones is 1. The van der Waals surface area contributed by atoms with Crippen molar-refractivity contribution < 1.29 is 9.18 Å². The minimum Gasteiger partial charge on any atom is -0.287 e. The summed E-state index contributed by atoms with van der Waals surface area (Å²) < 4.78 is 15.1. The number of carbonyl (C=O) groups excluding carboxylic acids is 1. The standard InChI is InChI=1S/C15H17FN2O/c1-4-13-9-14(18(5-2)17-13)15(19)11-6-10(3)7-12(16)8-11/h6-9H,4-5H2,1-3H3. The summed E-state index contributed by atoms with van der Waals surface area (Å²) in [6.07, 6.45) is 0.773. The molecule has 0 fully saturated rings. The first kappa shape index (κ1) is 13.5. The molecular formula is C15H17FN2O. The molecular weight excluding hydrogens is 243 g/mol. The number of nitrogens with zero attached hydrogens (tertiary/aromatic N) is 2. The number of aromatic nitrogens is 2. The van der Waals surface area contributed by atoms with Crippen molar-refractivity contribution in [1.82, 2.24) is 9.78 Å². The van der Waals surface area contributed by atoms with Gasteiger partial charge in [0, 0.05) is 12.1 Å². The Morgan fingerprint density at radius 3 is 2.58 bits per heavy atom. The lowest BCUT2D eigenvalue weighted by Crippen LogP contribution is -2.11. The van der Waals surface area contributed by atoms with Gasteiger partial charge in [-0.3, -0.25) is 9.48 Å². The summed E-state index contributed by atoms with van der Waals surface area (Å²) in [4.78, 5) is 12.4. The number of rotatable bonds is 4. The number of hydrogen-bond acceptors (Lipinski definition) is 2. The number of benzene rings is 1. The monoisotopic (exact) mass is 260 g/mol. The molecule has 0 radical (unpaired) electrons. The van der Waals surface area contributed by atoms with E-state index in [1.807, 2.05) is 13.8 Å². The van der Waals surface area contributed by atoms with E-state index in [1.54, 1.807) is 23.7 Å². The highest BCUT2D eigenvalue weighted by Gasteiger charge is 2.16. The van der Waals surface area contributed by atoms with Gasteiger partial charge in [0.15, 0.2) is 0 Å². The van der Waals surface area contributed by atoms with Gasteiger partial charge in [0.1, 0.15) is 11.5 Å². The highest BCUT2D eigenvalue weighted by molar-refractivity contribution is 6.08. The molecule has 100 valence electrons. The van der Waals surface area contributed by atoms with Crippen molar-refractivity contribution in [3.63, 3.8) is 0 Å². The van der Waals surface area contributed by atoms with Gasteiger partial charge in [0.2, 0.25) is 5.78 Å². The van der Waals surface area contributed by atoms with Gasteiger partial charge in [0.05, 0.1) is 5.69 Å². The minimum absolute atomic E-state index is 0.184. The Hall–Kier alpha value is -1.97. The molecule has 0 N–H and O–H groups in total. The highest BCUT2D eigenvalue weighted by Crippen LogP contribution is 2.15. The molecule has 19 heavy (non-hydrogen) atoms. The van der Waals surface area contributed by atoms with E-state index >= 15 is 0 Å². The molecule has 4 heteroatoms. The van der Waals surface area contributed by atoms with Crippen molar-refractivity contribution >= 4 is 5.78 Å². The van der Waals surface area contributed by atoms with E-state index in [4.69, 9.17) is 0 Å². The first-order valence-electron chi connectivity index (χ1n) is 6.43. The topological polar surface area (TPSA) is 34.9 Å². The van der Waals surface area contributed by atoms with Gasteiger partial charge in [-0.1, -0.05) is 6.92 Å². The quantitative estimate of drug-likeness (QED) is 0.791. The Labute approximate surface area is 112 Å². The van der Waals surface area contributed by atoms with Crippen molar-refractivity contribution in [2.75, 3.05) is 0 Å². The second-order valence-electron chi connectivity index (χ2n) is 4.54. The predicted octanol–water partition coefficient (Wildman–Crippen LogP) is 3.14. The molecule has 3 nitrogen and oxygen atoms in total. The highest BCUT2D eigenvalue weighted by atomic mass is 19.1. The molecule has 0 bridgehead atoms. The van der Waals surface area contributed by atoms with E-state index in [0.717, 1.165) is 17.7 Å². The summed E-state index contributed by atoms with van der Waals surface area (Å²) in [6, 6.07) is 6.16. The molecule has 1 heterocycles. The molecule has 0 saturated heterocycles. The third-order valence-electron chi connectivity index (χ3n) is 3.03. The van der Waals surface area contributed by atoms with Gasteiger partial charge in [-0.25, -0.2) is 4.39 Å². The Kier molecular flexibility index (Phi) is 3.79. The minimum atomic E-state index is -0.387. The molecule has 2 rings (SSSR count). The lowest BCUT2D eigenvalue weighted by molar-refractivity contribution is 0.102. The SMILES string of the molecule is CCc1cc(C(=O)c2cc(C)cc(F)c2)n(CC)n1. The van der Waals surface area contributed by atoms with Crippen LogP contribution < -0.4 is 0 Å². The van der Waals surface area contributed by atoms with Crippen LogP contribution in [0.2, 0.25) is 0 Å². The summed E-state index contributed by atoms with van der Waals surface area (Å²) >= 11 is 0. The van der Waals surface area contributed by atoms with Crippen LogP contribution in [0, 0.1) is 12.7 Å². The van der Waals surface area contributed by atoms with Crippen molar-refractivity contribution in [2.45, 2.75) is 33.7 Å². The fraction of sp³-hybridized carbons (Fsp3) is 0.333. The van der Waals surface area contributed by atoms with Crippen molar-refractivity contribution in [2.24, 2.45) is 0 Å². The zero-order valence-electron chi connectivity index (χ0n) is 11.4. The van der Waals surface area contributed by atoms with E-state index in [-0.39, 0.29) is 11.6 Å². The van der Waals surface area contributed by atoms with Crippen LogP contribution in [0.4, 0.5) is 4.39 Å². The van der Waals surface area contributed by atoms with Crippen molar-refractivity contribution in [3.05, 3.63) is 52.6 Å². The molecule has 1 aromatic carbocycles. The fourth-order valence-corrected chi connectivity index (χ4v) is 2.08. The fourth-order valence-electron chi connectivity index (χ4n) is 2.08. The molecule has 0 spiro atoms. The molecule has 0 unspecified atom stereocenters. The predicted molar refractivity (Wildman–Crippen MR) is 71.8 cm³/mol. The van der Waals surface area contributed by atoms with Crippen LogP contribution in [0.25, 0.3) is 0 Å². The molecule has 0 aliphatic heterocycles. The van der Waals surface area contributed by atoms with E-state index in [0.29, 0.717) is 17.8 Å². The van der Waals surface area contributed by atoms with E-state index in [1.165, 1.54) is 12.1 Å². The number of hydrogen-bond donors (Lipinski definition) is 0. The maximum atomic E-state index is 13.4. The summed E-state index contributed by atoms with van der Waals surface area (Å²) in [5.74, 6) is -0.571. The first-order chi connectivity index (χ1) is 9.05. The second kappa shape index (κ2) is 5.34. The molecule has 0 aliphatic carbocycles. The van der Waals surface area contributed by atoms with Gasteiger partial charge in [-0.2, -0.15) is 5.10 Å². The Morgan fingerprint density at radius 2 is 2.00 bits per heavy atom. The Morgan fingerprint density at radius 1 is 1.26 bits per heavy atom. The van der Waals surface area contributed by atoms with Crippen molar-refractivity contribution in [1.29, 1.82) is 0 Å². The van der Waals surface area contributed by atoms with E-state index in [9.17, 15) is 9.18 Å². The first-order valence-corrected chi connectivity index (χ1v) is 6.43.